The number of rotatable bonds is 6. The quantitative estimate of drug-likeness (QED) is 0.759. The molecule has 3 nitrogen and oxygen atoms in total. The highest BCUT2D eigenvalue weighted by Gasteiger charge is 2.00. The van der Waals surface area contributed by atoms with Gasteiger partial charge in [-0.15, -0.1) is 0 Å². The molecule has 0 atom stereocenters. The zero-order chi connectivity index (χ0) is 12.8. The third kappa shape index (κ3) is 3.88. The van der Waals surface area contributed by atoms with Crippen molar-refractivity contribution in [1.82, 2.24) is 9.55 Å². The molecule has 0 bridgehead atoms. The number of halogens is 1. The molecule has 0 aliphatic carbocycles. The van der Waals surface area contributed by atoms with Gasteiger partial charge in [0.05, 0.1) is 17.4 Å². The predicted octanol–water partition coefficient (Wildman–Crippen LogP) is 3.81. The Bertz CT molecular complexity index is 483. The lowest BCUT2D eigenvalue weighted by atomic mass is 10.2. The number of aromatic nitrogens is 2. The van der Waals surface area contributed by atoms with E-state index in [4.69, 9.17) is 4.74 Å². The zero-order valence-corrected chi connectivity index (χ0v) is 12.1. The summed E-state index contributed by atoms with van der Waals surface area (Å²) in [5.74, 6) is 0.920. The second kappa shape index (κ2) is 6.59. The summed E-state index contributed by atoms with van der Waals surface area (Å²) in [6, 6.07) is 6.14. The van der Waals surface area contributed by atoms with Crippen molar-refractivity contribution in [3.05, 3.63) is 47.0 Å². The van der Waals surface area contributed by atoms with Crippen molar-refractivity contribution in [1.29, 1.82) is 0 Å². The molecule has 0 spiro atoms. The highest BCUT2D eigenvalue weighted by Crippen LogP contribution is 2.25. The fourth-order valence-electron chi connectivity index (χ4n) is 1.72. The summed E-state index contributed by atoms with van der Waals surface area (Å²) >= 11 is 3.51. The van der Waals surface area contributed by atoms with Gasteiger partial charge in [-0.1, -0.05) is 6.07 Å². The van der Waals surface area contributed by atoms with Crippen LogP contribution in [0.1, 0.15) is 18.4 Å². The standard InChI is InChI=1S/C14H17BrN2O/c1-12-4-5-14(13(15)10-12)18-9-3-2-7-17-8-6-16-11-17/h4-6,8,10-11H,2-3,7,9H2,1H3. The maximum absolute atomic E-state index is 5.74. The molecule has 0 N–H and O–H groups in total. The van der Waals surface area contributed by atoms with Gasteiger partial charge >= 0.3 is 0 Å². The predicted molar refractivity (Wildman–Crippen MR) is 75.8 cm³/mol. The van der Waals surface area contributed by atoms with Crippen LogP contribution in [0, 0.1) is 6.92 Å². The normalized spacial score (nSPS) is 10.6. The van der Waals surface area contributed by atoms with E-state index < -0.39 is 0 Å². The molecule has 0 fully saturated rings. The fourth-order valence-corrected chi connectivity index (χ4v) is 2.33. The highest BCUT2D eigenvalue weighted by molar-refractivity contribution is 9.10. The van der Waals surface area contributed by atoms with E-state index in [2.05, 4.69) is 44.5 Å². The summed E-state index contributed by atoms with van der Waals surface area (Å²) in [7, 11) is 0. The maximum Gasteiger partial charge on any atom is 0.133 e. The first-order chi connectivity index (χ1) is 8.75. The van der Waals surface area contributed by atoms with Crippen molar-refractivity contribution in [3.63, 3.8) is 0 Å². The molecule has 0 aliphatic heterocycles. The lowest BCUT2D eigenvalue weighted by Crippen LogP contribution is -2.01. The first kappa shape index (κ1) is 13.1. The van der Waals surface area contributed by atoms with Gasteiger partial charge in [0, 0.05) is 18.9 Å². The number of hydrogen-bond acceptors (Lipinski definition) is 2. The molecule has 0 saturated heterocycles. The first-order valence-corrected chi connectivity index (χ1v) is 6.90. The Labute approximate surface area is 116 Å². The number of aryl methyl sites for hydroxylation is 2. The van der Waals surface area contributed by atoms with E-state index >= 15 is 0 Å². The SMILES string of the molecule is Cc1ccc(OCCCCn2ccnc2)c(Br)c1. The van der Waals surface area contributed by atoms with Crippen LogP contribution < -0.4 is 4.74 Å². The Balaban J connectivity index is 1.69. The van der Waals surface area contributed by atoms with Gasteiger partial charge in [0.25, 0.3) is 0 Å². The molecule has 2 aromatic rings. The van der Waals surface area contributed by atoms with Crippen LogP contribution in [0.4, 0.5) is 0 Å². The zero-order valence-electron chi connectivity index (χ0n) is 10.5. The van der Waals surface area contributed by atoms with E-state index in [9.17, 15) is 0 Å². The van der Waals surface area contributed by atoms with Gasteiger partial charge in [-0.25, -0.2) is 4.98 Å². The largest absolute Gasteiger partial charge is 0.492 e. The Morgan fingerprint density at radius 3 is 2.94 bits per heavy atom. The Morgan fingerprint density at radius 2 is 2.22 bits per heavy atom. The lowest BCUT2D eigenvalue weighted by Gasteiger charge is -2.08. The number of unbranched alkanes of at least 4 members (excludes halogenated alkanes) is 1. The van der Waals surface area contributed by atoms with Crippen LogP contribution in [-0.4, -0.2) is 16.2 Å². The molecule has 4 heteroatoms. The highest BCUT2D eigenvalue weighted by atomic mass is 79.9. The Morgan fingerprint density at radius 1 is 1.33 bits per heavy atom. The minimum atomic E-state index is 0.746. The van der Waals surface area contributed by atoms with Crippen molar-refractivity contribution < 1.29 is 4.74 Å². The minimum absolute atomic E-state index is 0.746. The molecule has 0 saturated carbocycles. The smallest absolute Gasteiger partial charge is 0.133 e. The maximum atomic E-state index is 5.74. The van der Waals surface area contributed by atoms with Gasteiger partial charge in [-0.2, -0.15) is 0 Å². The monoisotopic (exact) mass is 308 g/mol. The topological polar surface area (TPSA) is 27.1 Å². The molecular weight excluding hydrogens is 292 g/mol. The molecule has 1 aromatic heterocycles. The molecule has 1 aromatic carbocycles. The minimum Gasteiger partial charge on any atom is -0.492 e. The average Bonchev–Trinajstić information content (AvgIpc) is 2.84. The van der Waals surface area contributed by atoms with Gasteiger partial charge < -0.3 is 9.30 Å². The third-order valence-electron chi connectivity index (χ3n) is 2.71. The van der Waals surface area contributed by atoms with E-state index in [1.165, 1.54) is 5.56 Å². The number of hydrogen-bond donors (Lipinski definition) is 0. The Hall–Kier alpha value is -1.29. The number of ether oxygens (including phenoxy) is 1. The summed E-state index contributed by atoms with van der Waals surface area (Å²) in [6.45, 7) is 3.81. The van der Waals surface area contributed by atoms with E-state index in [0.717, 1.165) is 36.2 Å². The number of imidazole rings is 1. The van der Waals surface area contributed by atoms with Gasteiger partial charge in [-0.05, 0) is 53.4 Å². The molecule has 0 aliphatic rings. The van der Waals surface area contributed by atoms with E-state index in [-0.39, 0.29) is 0 Å². The summed E-state index contributed by atoms with van der Waals surface area (Å²) in [5.41, 5.74) is 1.23. The van der Waals surface area contributed by atoms with Crippen LogP contribution in [0.25, 0.3) is 0 Å². The van der Waals surface area contributed by atoms with E-state index in [1.54, 1.807) is 6.20 Å². The first-order valence-electron chi connectivity index (χ1n) is 6.10. The van der Waals surface area contributed by atoms with E-state index in [0.29, 0.717) is 0 Å². The average molecular weight is 309 g/mol. The second-order valence-electron chi connectivity index (χ2n) is 4.29. The summed E-state index contributed by atoms with van der Waals surface area (Å²) in [5, 5.41) is 0. The fraction of sp³-hybridized carbons (Fsp3) is 0.357. The third-order valence-corrected chi connectivity index (χ3v) is 3.33. The van der Waals surface area contributed by atoms with Gasteiger partial charge in [0.2, 0.25) is 0 Å². The molecule has 0 radical (unpaired) electrons. The second-order valence-corrected chi connectivity index (χ2v) is 5.14. The Kier molecular flexibility index (Phi) is 4.81. The molecule has 96 valence electrons. The van der Waals surface area contributed by atoms with Gasteiger partial charge in [-0.3, -0.25) is 0 Å². The van der Waals surface area contributed by atoms with Crippen LogP contribution in [0.2, 0.25) is 0 Å². The molecule has 0 amide bonds. The summed E-state index contributed by atoms with van der Waals surface area (Å²) < 4.78 is 8.85. The van der Waals surface area contributed by atoms with E-state index in [1.807, 2.05) is 18.6 Å². The van der Waals surface area contributed by atoms with Crippen molar-refractivity contribution in [2.75, 3.05) is 6.61 Å². The molecular formula is C14H17BrN2O. The van der Waals surface area contributed by atoms with Crippen LogP contribution >= 0.6 is 15.9 Å². The summed E-state index contributed by atoms with van der Waals surface area (Å²) in [4.78, 5) is 4.01. The van der Waals surface area contributed by atoms with Crippen molar-refractivity contribution >= 4 is 15.9 Å². The van der Waals surface area contributed by atoms with Crippen LogP contribution in [0.5, 0.6) is 5.75 Å². The van der Waals surface area contributed by atoms with Crippen LogP contribution in [0.3, 0.4) is 0 Å². The summed E-state index contributed by atoms with van der Waals surface area (Å²) in [6.07, 6.45) is 7.77. The van der Waals surface area contributed by atoms with Gasteiger partial charge in [0.15, 0.2) is 0 Å². The van der Waals surface area contributed by atoms with Gasteiger partial charge in [0.1, 0.15) is 5.75 Å². The number of nitrogens with zero attached hydrogens (tertiary/aromatic N) is 2. The molecule has 1 heterocycles. The van der Waals surface area contributed by atoms with Crippen LogP contribution in [0.15, 0.2) is 41.4 Å². The number of benzene rings is 1. The van der Waals surface area contributed by atoms with Crippen molar-refractivity contribution in [3.8, 4) is 5.75 Å². The van der Waals surface area contributed by atoms with Crippen molar-refractivity contribution in [2.45, 2.75) is 26.3 Å². The lowest BCUT2D eigenvalue weighted by molar-refractivity contribution is 0.301. The molecule has 0 unspecified atom stereocenters. The molecule has 18 heavy (non-hydrogen) atoms. The van der Waals surface area contributed by atoms with Crippen molar-refractivity contribution in [2.24, 2.45) is 0 Å². The molecule has 2 rings (SSSR count). The van der Waals surface area contributed by atoms with Crippen LogP contribution in [-0.2, 0) is 6.54 Å².